The number of esters is 3. The van der Waals surface area contributed by atoms with Gasteiger partial charge in [0.15, 0.2) is 12.1 Å². The first-order chi connectivity index (χ1) is 17.5. The zero-order valence-electron chi connectivity index (χ0n) is 21.5. The van der Waals surface area contributed by atoms with Gasteiger partial charge in [-0.1, -0.05) is 44.2 Å². The van der Waals surface area contributed by atoms with E-state index in [0.717, 1.165) is 5.56 Å². The summed E-state index contributed by atoms with van der Waals surface area (Å²) < 4.78 is 16.6. The topological polar surface area (TPSA) is 141 Å². The number of pyridine rings is 1. The Kier molecular flexibility index (Phi) is 8.86. The minimum absolute atomic E-state index is 0.164. The maximum atomic E-state index is 13.2. The highest BCUT2D eigenvalue weighted by molar-refractivity contribution is 5.97. The van der Waals surface area contributed by atoms with Crippen molar-refractivity contribution in [3.63, 3.8) is 0 Å². The normalized spacial score (nSPS) is 22.2. The largest absolute Gasteiger partial charge is 0.463 e. The van der Waals surface area contributed by atoms with E-state index in [2.05, 4.69) is 10.3 Å². The van der Waals surface area contributed by atoms with Crippen LogP contribution in [-0.2, 0) is 35.0 Å². The molecule has 1 aromatic carbocycles. The molecule has 10 heteroatoms. The molecule has 2 heterocycles. The Balaban J connectivity index is 1.89. The molecule has 2 aromatic rings. The second-order valence-electron chi connectivity index (χ2n) is 9.49. The number of aryl methyl sites for hydroxylation is 2. The van der Waals surface area contributed by atoms with Crippen molar-refractivity contribution in [2.75, 3.05) is 6.61 Å². The molecule has 4 atom stereocenters. The van der Waals surface area contributed by atoms with Crippen LogP contribution in [0, 0.1) is 25.7 Å². The minimum atomic E-state index is -1.38. The summed E-state index contributed by atoms with van der Waals surface area (Å²) in [5.74, 6) is -4.42. The predicted octanol–water partition coefficient (Wildman–Crippen LogP) is 2.01. The molecule has 1 amide bonds. The Morgan fingerprint density at radius 2 is 1.78 bits per heavy atom. The van der Waals surface area contributed by atoms with Crippen LogP contribution >= 0.6 is 0 Å². The quantitative estimate of drug-likeness (QED) is 0.442. The van der Waals surface area contributed by atoms with E-state index in [1.807, 2.05) is 30.3 Å². The lowest BCUT2D eigenvalue weighted by Gasteiger charge is -2.29. The number of nitrogens with one attached hydrogen (secondary N) is 2. The van der Waals surface area contributed by atoms with Crippen LogP contribution in [0.5, 0.6) is 0 Å². The molecule has 10 nitrogen and oxygen atoms in total. The van der Waals surface area contributed by atoms with E-state index in [-0.39, 0.29) is 12.0 Å². The molecule has 1 unspecified atom stereocenters. The smallest absolute Gasteiger partial charge is 0.332 e. The van der Waals surface area contributed by atoms with Crippen molar-refractivity contribution >= 4 is 23.8 Å². The molecule has 2 N–H and O–H groups in total. The van der Waals surface area contributed by atoms with Crippen LogP contribution in [0.15, 0.2) is 41.2 Å². The maximum Gasteiger partial charge on any atom is 0.332 e. The molecule has 0 saturated carbocycles. The minimum Gasteiger partial charge on any atom is -0.463 e. The van der Waals surface area contributed by atoms with Crippen LogP contribution in [0.1, 0.15) is 48.0 Å². The van der Waals surface area contributed by atoms with E-state index in [9.17, 15) is 24.0 Å². The summed E-state index contributed by atoms with van der Waals surface area (Å²) in [5.41, 5.74) is 1.02. The summed E-state index contributed by atoms with van der Waals surface area (Å²) in [5, 5.41) is 2.44. The number of amides is 1. The highest BCUT2D eigenvalue weighted by atomic mass is 16.6. The summed E-state index contributed by atoms with van der Waals surface area (Å²) in [6.07, 6.45) is -1.98. The molecule has 37 heavy (non-hydrogen) atoms. The van der Waals surface area contributed by atoms with E-state index in [1.165, 1.54) is 6.92 Å². The monoisotopic (exact) mass is 512 g/mol. The Bertz CT molecular complexity index is 1220. The van der Waals surface area contributed by atoms with E-state index < -0.39 is 66.1 Å². The van der Waals surface area contributed by atoms with Crippen LogP contribution in [-0.4, -0.2) is 53.7 Å². The number of H-pyrrole nitrogens is 1. The number of rotatable bonds is 6. The van der Waals surface area contributed by atoms with Gasteiger partial charge >= 0.3 is 17.9 Å². The predicted molar refractivity (Wildman–Crippen MR) is 133 cm³/mol. The summed E-state index contributed by atoms with van der Waals surface area (Å²) in [4.78, 5) is 66.5. The van der Waals surface area contributed by atoms with Crippen LogP contribution in [0.25, 0.3) is 0 Å². The zero-order valence-corrected chi connectivity index (χ0v) is 21.5. The van der Waals surface area contributed by atoms with Crippen molar-refractivity contribution in [3.8, 4) is 0 Å². The van der Waals surface area contributed by atoms with Gasteiger partial charge in [0.25, 0.3) is 11.5 Å². The Morgan fingerprint density at radius 3 is 2.41 bits per heavy atom. The van der Waals surface area contributed by atoms with Gasteiger partial charge in [-0.25, -0.2) is 4.79 Å². The average molecular weight is 513 g/mol. The summed E-state index contributed by atoms with van der Waals surface area (Å²) in [6, 6.07) is 9.35. The number of hydrogen-bond donors (Lipinski definition) is 2. The van der Waals surface area contributed by atoms with E-state index in [0.29, 0.717) is 11.3 Å². The Labute approximate surface area is 214 Å². The first-order valence-corrected chi connectivity index (χ1v) is 12.1. The molecule has 1 aliphatic heterocycles. The zero-order chi connectivity index (χ0) is 27.3. The molecule has 1 saturated heterocycles. The highest BCUT2D eigenvalue weighted by Gasteiger charge is 2.42. The van der Waals surface area contributed by atoms with Crippen LogP contribution < -0.4 is 10.9 Å². The standard InChI is InChI=1S/C27H32N2O8/c1-14(2)25(32)37-22-17(5)36-27(34)20(29-24(31)21-15(3)11-16(4)28-23(21)30)13-35-26(33)19(22)12-18-9-7-6-8-10-18/h6-11,14,17,19-20,22H,12-13H2,1-5H3,(H,28,30)(H,29,31)/t17-,19+,20-,22?/m0/s1. The van der Waals surface area contributed by atoms with Gasteiger partial charge < -0.3 is 24.5 Å². The van der Waals surface area contributed by atoms with Crippen LogP contribution in [0.2, 0.25) is 0 Å². The third-order valence-electron chi connectivity index (χ3n) is 6.06. The fraction of sp³-hybridized carbons (Fsp3) is 0.444. The number of hydrogen-bond acceptors (Lipinski definition) is 8. The van der Waals surface area contributed by atoms with Crippen molar-refractivity contribution in [2.24, 2.45) is 11.8 Å². The lowest BCUT2D eigenvalue weighted by atomic mass is 9.91. The number of carbonyl (C=O) groups excluding carboxylic acids is 4. The number of aromatic amines is 1. The second-order valence-corrected chi connectivity index (χ2v) is 9.49. The lowest BCUT2D eigenvalue weighted by molar-refractivity contribution is -0.176. The van der Waals surface area contributed by atoms with E-state index in [4.69, 9.17) is 14.2 Å². The van der Waals surface area contributed by atoms with E-state index >= 15 is 0 Å². The fourth-order valence-electron chi connectivity index (χ4n) is 4.12. The van der Waals surface area contributed by atoms with E-state index in [1.54, 1.807) is 33.8 Å². The van der Waals surface area contributed by atoms with Crippen LogP contribution in [0.3, 0.4) is 0 Å². The SMILES string of the molecule is Cc1cc(C)c(C(=O)N[C@H]2COC(=O)[C@H](Cc3ccccc3)C(OC(=O)C(C)C)[C@H](C)OC2=O)c(=O)[nH]1. The third kappa shape index (κ3) is 6.84. The van der Waals surface area contributed by atoms with Crippen LogP contribution in [0.4, 0.5) is 0 Å². The van der Waals surface area contributed by atoms with Gasteiger partial charge in [-0.15, -0.1) is 0 Å². The molecule has 0 radical (unpaired) electrons. The first-order valence-electron chi connectivity index (χ1n) is 12.1. The van der Waals surface area contributed by atoms with Gasteiger partial charge in [0, 0.05) is 5.69 Å². The van der Waals surface area contributed by atoms with Crippen molar-refractivity contribution in [1.29, 1.82) is 0 Å². The molecule has 1 fully saturated rings. The number of benzene rings is 1. The maximum absolute atomic E-state index is 13.2. The molecule has 198 valence electrons. The summed E-state index contributed by atoms with van der Waals surface area (Å²) >= 11 is 0. The number of cyclic esters (lactones) is 2. The Hall–Kier alpha value is -3.95. The fourth-order valence-corrected chi connectivity index (χ4v) is 4.12. The molecule has 1 aliphatic rings. The molecule has 0 bridgehead atoms. The van der Waals surface area contributed by atoms with Crippen molar-refractivity contribution in [2.45, 2.75) is 59.3 Å². The van der Waals surface area contributed by atoms with Crippen molar-refractivity contribution in [1.82, 2.24) is 10.3 Å². The number of aromatic nitrogens is 1. The van der Waals surface area contributed by atoms with Gasteiger partial charge in [0.2, 0.25) is 0 Å². The van der Waals surface area contributed by atoms with Crippen molar-refractivity contribution < 1.29 is 33.4 Å². The summed E-state index contributed by atoms with van der Waals surface area (Å²) in [7, 11) is 0. The molecule has 3 rings (SSSR count). The average Bonchev–Trinajstić information content (AvgIpc) is 2.85. The number of ether oxygens (including phenoxy) is 3. The van der Waals surface area contributed by atoms with Crippen molar-refractivity contribution in [3.05, 3.63) is 69.1 Å². The lowest BCUT2D eigenvalue weighted by Crippen LogP contribution is -2.47. The molecule has 0 spiro atoms. The second kappa shape index (κ2) is 11.9. The Morgan fingerprint density at radius 1 is 1.11 bits per heavy atom. The van der Waals surface area contributed by atoms with Gasteiger partial charge in [0.05, 0.1) is 5.92 Å². The van der Waals surface area contributed by atoms with Gasteiger partial charge in [0.1, 0.15) is 24.2 Å². The first kappa shape index (κ1) is 27.6. The van der Waals surface area contributed by atoms with Gasteiger partial charge in [-0.2, -0.15) is 0 Å². The van der Waals surface area contributed by atoms with Gasteiger partial charge in [-0.3, -0.25) is 19.2 Å². The summed E-state index contributed by atoms with van der Waals surface area (Å²) in [6.45, 7) is 7.58. The molecular formula is C27H32N2O8. The molecular weight excluding hydrogens is 480 g/mol. The third-order valence-corrected chi connectivity index (χ3v) is 6.06. The molecule has 0 aliphatic carbocycles. The highest BCUT2D eigenvalue weighted by Crippen LogP contribution is 2.24. The number of carbonyl (C=O) groups is 4. The van der Waals surface area contributed by atoms with Gasteiger partial charge in [-0.05, 0) is 44.4 Å². The molecule has 1 aromatic heterocycles.